The van der Waals surface area contributed by atoms with Crippen LogP contribution in [0.1, 0.15) is 55.1 Å². The molecule has 3 heterocycles. The van der Waals surface area contributed by atoms with Gasteiger partial charge in [-0.1, -0.05) is 24.3 Å². The zero-order valence-electron chi connectivity index (χ0n) is 22.8. The summed E-state index contributed by atoms with van der Waals surface area (Å²) in [6.45, 7) is 6.52. The summed E-state index contributed by atoms with van der Waals surface area (Å²) in [5.41, 5.74) is 2.52. The van der Waals surface area contributed by atoms with Crippen LogP contribution in [0.3, 0.4) is 0 Å². The molecule has 0 aliphatic carbocycles. The van der Waals surface area contributed by atoms with Crippen molar-refractivity contribution in [2.45, 2.75) is 45.3 Å². The van der Waals surface area contributed by atoms with E-state index in [0.717, 1.165) is 5.69 Å². The predicted octanol–water partition coefficient (Wildman–Crippen LogP) is 5.13. The Kier molecular flexibility index (Phi) is 7.25. The number of para-hydroxylation sites is 1. The Morgan fingerprint density at radius 1 is 1.00 bits per heavy atom. The van der Waals surface area contributed by atoms with Crippen LogP contribution in [0.15, 0.2) is 66.9 Å². The van der Waals surface area contributed by atoms with Gasteiger partial charge in [0.2, 0.25) is 0 Å². The summed E-state index contributed by atoms with van der Waals surface area (Å²) in [7, 11) is 0. The first-order valence-electron chi connectivity index (χ1n) is 13.3. The Bertz CT molecular complexity index is 1450. The molecule has 0 saturated carbocycles. The van der Waals surface area contributed by atoms with Crippen LogP contribution in [-0.2, 0) is 4.74 Å². The number of anilines is 3. The SMILES string of the molecule is CC(C)(C)OC(=O)NC1CCN(C(=O)c2ccc(C(=N)N3C(=N)c4ccccc4Nc4ncccc43)cc2)CC1. The number of hydrogen-bond donors (Lipinski definition) is 4. The lowest BCUT2D eigenvalue weighted by Gasteiger charge is -2.33. The van der Waals surface area contributed by atoms with E-state index in [2.05, 4.69) is 15.6 Å². The van der Waals surface area contributed by atoms with Gasteiger partial charge < -0.3 is 20.3 Å². The quantitative estimate of drug-likeness (QED) is 0.269. The number of pyridine rings is 1. The van der Waals surface area contributed by atoms with Gasteiger partial charge in [-0.05, 0) is 70.0 Å². The number of likely N-dealkylation sites (tertiary alicyclic amines) is 1. The average Bonchev–Trinajstić information content (AvgIpc) is 3.05. The zero-order chi connectivity index (χ0) is 28.4. The van der Waals surface area contributed by atoms with E-state index in [-0.39, 0.29) is 23.6 Å². The van der Waals surface area contributed by atoms with Crippen molar-refractivity contribution in [3.8, 4) is 0 Å². The molecule has 3 aromatic rings. The molecule has 1 saturated heterocycles. The monoisotopic (exact) mass is 539 g/mol. The van der Waals surface area contributed by atoms with Gasteiger partial charge in [0.1, 0.15) is 17.3 Å². The number of rotatable bonds is 3. The molecule has 0 atom stereocenters. The Morgan fingerprint density at radius 2 is 1.68 bits per heavy atom. The van der Waals surface area contributed by atoms with Crippen LogP contribution in [0, 0.1) is 10.8 Å². The Morgan fingerprint density at radius 3 is 2.38 bits per heavy atom. The third-order valence-corrected chi connectivity index (χ3v) is 6.82. The first-order valence-corrected chi connectivity index (χ1v) is 13.3. The van der Waals surface area contributed by atoms with Gasteiger partial charge in [-0.15, -0.1) is 0 Å². The normalized spacial score (nSPS) is 15.3. The van der Waals surface area contributed by atoms with E-state index in [9.17, 15) is 9.59 Å². The molecule has 5 rings (SSSR count). The van der Waals surface area contributed by atoms with Gasteiger partial charge in [-0.25, -0.2) is 9.78 Å². The second-order valence-electron chi connectivity index (χ2n) is 10.9. The fraction of sp³-hybridized carbons (Fsp3) is 0.300. The number of nitrogens with one attached hydrogen (secondary N) is 4. The summed E-state index contributed by atoms with van der Waals surface area (Å²) in [6.07, 6.45) is 2.52. The summed E-state index contributed by atoms with van der Waals surface area (Å²) in [5, 5.41) is 24.1. The number of alkyl carbamates (subject to hydrolysis) is 1. The molecule has 2 amide bonds. The molecule has 40 heavy (non-hydrogen) atoms. The van der Waals surface area contributed by atoms with E-state index >= 15 is 0 Å². The smallest absolute Gasteiger partial charge is 0.407 e. The molecule has 206 valence electrons. The van der Waals surface area contributed by atoms with Crippen molar-refractivity contribution in [1.29, 1.82) is 10.8 Å². The van der Waals surface area contributed by atoms with Gasteiger partial charge in [-0.2, -0.15) is 0 Å². The maximum Gasteiger partial charge on any atom is 0.407 e. The Hall–Kier alpha value is -4.73. The molecule has 1 fully saturated rings. The number of carbonyl (C=O) groups is 2. The number of carbonyl (C=O) groups excluding carboxylic acids is 2. The van der Waals surface area contributed by atoms with Crippen LogP contribution < -0.4 is 15.5 Å². The topological polar surface area (TPSA) is 134 Å². The van der Waals surface area contributed by atoms with E-state index in [1.807, 2.05) is 51.1 Å². The molecule has 2 aliphatic heterocycles. The van der Waals surface area contributed by atoms with E-state index in [1.165, 1.54) is 0 Å². The Balaban J connectivity index is 1.27. The first kappa shape index (κ1) is 26.9. The minimum Gasteiger partial charge on any atom is -0.444 e. The van der Waals surface area contributed by atoms with Gasteiger partial charge in [0, 0.05) is 42.0 Å². The highest BCUT2D eigenvalue weighted by Gasteiger charge is 2.29. The van der Waals surface area contributed by atoms with Crippen LogP contribution in [0.5, 0.6) is 0 Å². The third-order valence-electron chi connectivity index (χ3n) is 6.82. The van der Waals surface area contributed by atoms with Crippen molar-refractivity contribution in [1.82, 2.24) is 15.2 Å². The van der Waals surface area contributed by atoms with Crippen LogP contribution in [0.4, 0.5) is 22.0 Å². The van der Waals surface area contributed by atoms with Crippen LogP contribution in [-0.4, -0.2) is 58.3 Å². The van der Waals surface area contributed by atoms with Crippen LogP contribution in [0.2, 0.25) is 0 Å². The number of aromatic nitrogens is 1. The number of piperidine rings is 1. The maximum absolute atomic E-state index is 13.2. The first-order chi connectivity index (χ1) is 19.1. The highest BCUT2D eigenvalue weighted by atomic mass is 16.6. The molecule has 0 bridgehead atoms. The van der Waals surface area contributed by atoms with Crippen molar-refractivity contribution < 1.29 is 14.3 Å². The summed E-state index contributed by atoms with van der Waals surface area (Å²) >= 11 is 0. The van der Waals surface area contributed by atoms with E-state index in [4.69, 9.17) is 15.6 Å². The lowest BCUT2D eigenvalue weighted by atomic mass is 10.0. The fourth-order valence-corrected chi connectivity index (χ4v) is 4.86. The van der Waals surface area contributed by atoms with Gasteiger partial charge >= 0.3 is 6.09 Å². The summed E-state index contributed by atoms with van der Waals surface area (Å²) in [5.74, 6) is 0.718. The van der Waals surface area contributed by atoms with Crippen LogP contribution in [0.25, 0.3) is 0 Å². The summed E-state index contributed by atoms with van der Waals surface area (Å²) in [6, 6.07) is 17.9. The molecule has 4 N–H and O–H groups in total. The van der Waals surface area contributed by atoms with E-state index in [0.29, 0.717) is 54.1 Å². The number of ether oxygens (including phenoxy) is 1. The molecular formula is C30H33N7O3. The third kappa shape index (κ3) is 5.66. The van der Waals surface area contributed by atoms with Gasteiger partial charge in [0.05, 0.1) is 11.4 Å². The summed E-state index contributed by atoms with van der Waals surface area (Å²) in [4.78, 5) is 33.0. The number of benzene rings is 2. The molecule has 2 aliphatic rings. The van der Waals surface area contributed by atoms with Crippen molar-refractivity contribution in [2.75, 3.05) is 23.3 Å². The Labute approximate surface area is 233 Å². The minimum atomic E-state index is -0.557. The number of fused-ring (bicyclic) bond motifs is 2. The van der Waals surface area contributed by atoms with E-state index in [1.54, 1.807) is 46.3 Å². The van der Waals surface area contributed by atoms with Crippen molar-refractivity contribution in [3.63, 3.8) is 0 Å². The number of amides is 2. The summed E-state index contributed by atoms with van der Waals surface area (Å²) < 4.78 is 5.34. The van der Waals surface area contributed by atoms with E-state index < -0.39 is 11.7 Å². The fourth-order valence-electron chi connectivity index (χ4n) is 4.86. The van der Waals surface area contributed by atoms with Gasteiger partial charge in [-0.3, -0.25) is 20.5 Å². The average molecular weight is 540 g/mol. The predicted molar refractivity (Wildman–Crippen MR) is 155 cm³/mol. The van der Waals surface area contributed by atoms with Crippen molar-refractivity contribution in [2.24, 2.45) is 0 Å². The lowest BCUT2D eigenvalue weighted by Crippen LogP contribution is -2.47. The highest BCUT2D eigenvalue weighted by Crippen LogP contribution is 2.34. The van der Waals surface area contributed by atoms with Gasteiger partial charge in [0.25, 0.3) is 5.91 Å². The standard InChI is InChI=1S/C30H33N7O3/c1-30(2,3)40-29(39)34-21-14-17-36(18-15-21)28(38)20-12-10-19(11-13-20)25(31)37-24-9-6-16-33-27(24)35-23-8-5-4-7-22(23)26(37)32/h4-13,16,21,31-32H,14-15,17-18H2,1-3H3,(H,33,35)(H,34,39). The second kappa shape index (κ2) is 10.8. The number of hydrogen-bond acceptors (Lipinski definition) is 7. The maximum atomic E-state index is 13.2. The largest absolute Gasteiger partial charge is 0.444 e. The second-order valence-corrected chi connectivity index (χ2v) is 10.9. The minimum absolute atomic E-state index is 0.0392. The van der Waals surface area contributed by atoms with Gasteiger partial charge in [0.15, 0.2) is 5.82 Å². The zero-order valence-corrected chi connectivity index (χ0v) is 22.8. The molecule has 2 aromatic carbocycles. The van der Waals surface area contributed by atoms with Crippen molar-refractivity contribution in [3.05, 3.63) is 83.6 Å². The van der Waals surface area contributed by atoms with Crippen molar-refractivity contribution >= 4 is 40.9 Å². The number of amidine groups is 2. The molecule has 0 spiro atoms. The molecule has 0 unspecified atom stereocenters. The molecule has 10 heteroatoms. The lowest BCUT2D eigenvalue weighted by molar-refractivity contribution is 0.0473. The van der Waals surface area contributed by atoms with Crippen LogP contribution >= 0.6 is 0 Å². The molecule has 0 radical (unpaired) electrons. The highest BCUT2D eigenvalue weighted by molar-refractivity contribution is 6.30. The molecule has 1 aromatic heterocycles. The molecular weight excluding hydrogens is 506 g/mol. The number of nitrogens with zero attached hydrogens (tertiary/aromatic N) is 3. The molecule has 10 nitrogen and oxygen atoms in total.